The highest BCUT2D eigenvalue weighted by atomic mass is 79.9. The summed E-state index contributed by atoms with van der Waals surface area (Å²) in [7, 11) is -3.93. The van der Waals surface area contributed by atoms with Gasteiger partial charge in [0, 0.05) is 4.47 Å². The van der Waals surface area contributed by atoms with Gasteiger partial charge in [0.2, 0.25) is 5.91 Å². The molecule has 0 fully saturated rings. The minimum Gasteiger partial charge on any atom is -0.478 e. The summed E-state index contributed by atoms with van der Waals surface area (Å²) in [6.45, 7) is -0.0743. The van der Waals surface area contributed by atoms with E-state index in [9.17, 15) is 18.0 Å². The van der Waals surface area contributed by atoms with Crippen LogP contribution in [0.15, 0.2) is 27.6 Å². The van der Waals surface area contributed by atoms with E-state index in [1.807, 2.05) is 0 Å². The van der Waals surface area contributed by atoms with Crippen LogP contribution in [0.5, 0.6) is 0 Å². The van der Waals surface area contributed by atoms with Crippen molar-refractivity contribution in [3.8, 4) is 12.3 Å². The summed E-state index contributed by atoms with van der Waals surface area (Å²) in [5, 5.41) is 11.2. The topological polar surface area (TPSA) is 101 Å². The van der Waals surface area contributed by atoms with Gasteiger partial charge in [-0.2, -0.15) is 0 Å². The Kier molecular flexibility index (Phi) is 5.30. The van der Waals surface area contributed by atoms with Crippen molar-refractivity contribution in [1.29, 1.82) is 0 Å². The summed E-state index contributed by atoms with van der Waals surface area (Å²) in [5.41, 5.74) is -0.199. The van der Waals surface area contributed by atoms with E-state index < -0.39 is 27.5 Å². The number of benzene rings is 1. The van der Waals surface area contributed by atoms with E-state index in [1.54, 1.807) is 0 Å². The van der Waals surface area contributed by atoms with Crippen LogP contribution in [0.4, 0.5) is 0 Å². The van der Waals surface area contributed by atoms with Gasteiger partial charge in [-0.25, -0.2) is 13.2 Å². The molecule has 0 bridgehead atoms. The van der Waals surface area contributed by atoms with Crippen LogP contribution in [-0.2, 0) is 14.6 Å². The number of carboxylic acids is 1. The van der Waals surface area contributed by atoms with E-state index in [2.05, 4.69) is 27.2 Å². The van der Waals surface area contributed by atoms with E-state index in [1.165, 1.54) is 12.1 Å². The Morgan fingerprint density at radius 1 is 1.40 bits per heavy atom. The van der Waals surface area contributed by atoms with Crippen molar-refractivity contribution in [1.82, 2.24) is 5.32 Å². The first-order chi connectivity index (χ1) is 9.27. The SMILES string of the molecule is C#CCNC(=O)CS(=O)(=O)c1ccc(Br)c(C(=O)O)c1. The predicted molar refractivity (Wildman–Crippen MR) is 75.0 cm³/mol. The van der Waals surface area contributed by atoms with Gasteiger partial charge in [-0.1, -0.05) is 5.92 Å². The highest BCUT2D eigenvalue weighted by molar-refractivity contribution is 9.10. The predicted octanol–water partition coefficient (Wildman–Crippen LogP) is 0.670. The summed E-state index contributed by atoms with van der Waals surface area (Å²) < 4.78 is 24.2. The average molecular weight is 360 g/mol. The third-order valence-corrected chi connectivity index (χ3v) is 4.54. The number of halogens is 1. The largest absolute Gasteiger partial charge is 0.478 e. The van der Waals surface area contributed by atoms with Gasteiger partial charge in [0.05, 0.1) is 17.0 Å². The highest BCUT2D eigenvalue weighted by Crippen LogP contribution is 2.21. The number of amides is 1. The smallest absolute Gasteiger partial charge is 0.336 e. The van der Waals surface area contributed by atoms with Gasteiger partial charge in [0.1, 0.15) is 5.75 Å². The second kappa shape index (κ2) is 6.54. The molecule has 106 valence electrons. The van der Waals surface area contributed by atoms with E-state index >= 15 is 0 Å². The van der Waals surface area contributed by atoms with Gasteiger partial charge >= 0.3 is 5.97 Å². The maximum atomic E-state index is 12.0. The molecule has 20 heavy (non-hydrogen) atoms. The molecule has 1 aromatic carbocycles. The maximum Gasteiger partial charge on any atom is 0.336 e. The highest BCUT2D eigenvalue weighted by Gasteiger charge is 2.21. The van der Waals surface area contributed by atoms with E-state index in [-0.39, 0.29) is 21.5 Å². The number of carbonyl (C=O) groups excluding carboxylic acids is 1. The van der Waals surface area contributed by atoms with Gasteiger partial charge < -0.3 is 10.4 Å². The van der Waals surface area contributed by atoms with Crippen LogP contribution < -0.4 is 5.32 Å². The molecule has 0 spiro atoms. The van der Waals surface area contributed by atoms with Gasteiger partial charge in [-0.05, 0) is 34.1 Å². The molecular formula is C12H10BrNO5S. The molecule has 2 N–H and O–H groups in total. The third-order valence-electron chi connectivity index (χ3n) is 2.24. The van der Waals surface area contributed by atoms with Crippen LogP contribution in [-0.4, -0.2) is 37.7 Å². The Balaban J connectivity index is 3.05. The lowest BCUT2D eigenvalue weighted by atomic mass is 10.2. The molecule has 0 unspecified atom stereocenters. The minimum absolute atomic E-state index is 0.0743. The van der Waals surface area contributed by atoms with Crippen molar-refractivity contribution in [2.24, 2.45) is 0 Å². The Hall–Kier alpha value is -1.85. The first-order valence-electron chi connectivity index (χ1n) is 5.23. The van der Waals surface area contributed by atoms with Gasteiger partial charge in [0.15, 0.2) is 9.84 Å². The fourth-order valence-corrected chi connectivity index (χ4v) is 2.92. The standard InChI is InChI=1S/C12H10BrNO5S/c1-2-5-14-11(15)7-20(18,19)8-3-4-10(13)9(6-8)12(16)17/h1,3-4,6H,5,7H2,(H,14,15)(H,16,17). The van der Waals surface area contributed by atoms with Gasteiger partial charge in [-0.3, -0.25) is 4.79 Å². The molecule has 1 aromatic rings. The third kappa shape index (κ3) is 4.08. The molecule has 1 amide bonds. The zero-order valence-electron chi connectivity index (χ0n) is 10.1. The number of terminal acetylenes is 1. The molecule has 0 aliphatic heterocycles. The molecule has 0 saturated carbocycles. The number of rotatable bonds is 5. The van der Waals surface area contributed by atoms with E-state index in [0.717, 1.165) is 6.07 Å². The van der Waals surface area contributed by atoms with Crippen molar-refractivity contribution in [2.45, 2.75) is 4.90 Å². The molecule has 0 atom stereocenters. The lowest BCUT2D eigenvalue weighted by Crippen LogP contribution is -2.30. The number of sulfone groups is 1. The molecular weight excluding hydrogens is 350 g/mol. The number of hydrogen-bond acceptors (Lipinski definition) is 4. The first kappa shape index (κ1) is 16.2. The van der Waals surface area contributed by atoms with E-state index in [4.69, 9.17) is 11.5 Å². The number of carboxylic acid groups (broad SMARTS) is 1. The fourth-order valence-electron chi connectivity index (χ4n) is 1.32. The van der Waals surface area contributed by atoms with Crippen molar-refractivity contribution >= 4 is 37.6 Å². The lowest BCUT2D eigenvalue weighted by Gasteiger charge is -2.06. The second-order valence-electron chi connectivity index (χ2n) is 3.69. The van der Waals surface area contributed by atoms with Gasteiger partial charge in [0.25, 0.3) is 0 Å². The summed E-state index contributed by atoms with van der Waals surface area (Å²) in [4.78, 5) is 22.1. The number of aromatic carboxylic acids is 1. The van der Waals surface area contributed by atoms with Crippen LogP contribution in [0.1, 0.15) is 10.4 Å². The number of carbonyl (C=O) groups is 2. The number of hydrogen-bond donors (Lipinski definition) is 2. The molecule has 0 radical (unpaired) electrons. The lowest BCUT2D eigenvalue weighted by molar-refractivity contribution is -0.118. The normalized spacial score (nSPS) is 10.6. The van der Waals surface area contributed by atoms with Crippen LogP contribution >= 0.6 is 15.9 Å². The number of nitrogens with one attached hydrogen (secondary N) is 1. The summed E-state index contributed by atoms with van der Waals surface area (Å²) in [5.74, 6) is -0.671. The Bertz CT molecular complexity index is 690. The van der Waals surface area contributed by atoms with Crippen LogP contribution in [0.2, 0.25) is 0 Å². The molecule has 0 aliphatic carbocycles. The zero-order chi connectivity index (χ0) is 15.3. The average Bonchev–Trinajstić information content (AvgIpc) is 2.35. The van der Waals surface area contributed by atoms with Crippen LogP contribution in [0.25, 0.3) is 0 Å². The molecule has 0 aliphatic rings. The Labute approximate surface area is 124 Å². The van der Waals surface area contributed by atoms with Crippen molar-refractivity contribution in [2.75, 3.05) is 12.3 Å². The molecule has 0 saturated heterocycles. The molecule has 6 nitrogen and oxygen atoms in total. The second-order valence-corrected chi connectivity index (χ2v) is 6.53. The Morgan fingerprint density at radius 3 is 2.60 bits per heavy atom. The monoisotopic (exact) mass is 359 g/mol. The van der Waals surface area contributed by atoms with Gasteiger partial charge in [-0.15, -0.1) is 6.42 Å². The fraction of sp³-hybridized carbons (Fsp3) is 0.167. The molecule has 0 aromatic heterocycles. The first-order valence-corrected chi connectivity index (χ1v) is 7.68. The van der Waals surface area contributed by atoms with E-state index in [0.29, 0.717) is 0 Å². The Morgan fingerprint density at radius 2 is 2.05 bits per heavy atom. The van der Waals surface area contributed by atoms with Crippen LogP contribution in [0.3, 0.4) is 0 Å². The zero-order valence-corrected chi connectivity index (χ0v) is 12.5. The summed E-state index contributed by atoms with van der Waals surface area (Å²) >= 11 is 3.01. The van der Waals surface area contributed by atoms with Crippen LogP contribution in [0, 0.1) is 12.3 Å². The molecule has 0 heterocycles. The molecule has 1 rings (SSSR count). The maximum absolute atomic E-state index is 12.0. The quantitative estimate of drug-likeness (QED) is 0.752. The summed E-state index contributed by atoms with van der Waals surface area (Å²) in [6, 6.07) is 3.52. The van der Waals surface area contributed by atoms with Crippen molar-refractivity contribution in [3.63, 3.8) is 0 Å². The van der Waals surface area contributed by atoms with Crippen molar-refractivity contribution < 1.29 is 23.1 Å². The summed E-state index contributed by atoms with van der Waals surface area (Å²) in [6.07, 6.45) is 4.94. The molecule has 8 heteroatoms. The minimum atomic E-state index is -3.93. The van der Waals surface area contributed by atoms with Crippen molar-refractivity contribution in [3.05, 3.63) is 28.2 Å².